The normalized spacial score (nSPS) is 11.4. The van der Waals surface area contributed by atoms with Crippen LogP contribution in [-0.4, -0.2) is 12.6 Å². The van der Waals surface area contributed by atoms with Crippen molar-refractivity contribution in [1.82, 2.24) is 0 Å². The van der Waals surface area contributed by atoms with E-state index < -0.39 is 17.8 Å². The molecule has 0 bridgehead atoms. The topological polar surface area (TPSA) is 53.3 Å². The van der Waals surface area contributed by atoms with Crippen LogP contribution in [0.25, 0.3) is 0 Å². The van der Waals surface area contributed by atoms with Gasteiger partial charge in [-0.15, -0.1) is 0 Å². The first-order chi connectivity index (χ1) is 11.5. The summed E-state index contributed by atoms with van der Waals surface area (Å²) in [5, 5.41) is 9.00. The lowest BCUT2D eigenvalue weighted by molar-refractivity contribution is 0.146. The van der Waals surface area contributed by atoms with Crippen molar-refractivity contribution in [3.8, 4) is 6.07 Å². The van der Waals surface area contributed by atoms with Crippen LogP contribution in [0, 0.1) is 23.1 Å². The van der Waals surface area contributed by atoms with E-state index in [2.05, 4.69) is 15.9 Å². The van der Waals surface area contributed by atoms with Crippen LogP contribution < -0.4 is 4.90 Å². The highest BCUT2D eigenvalue weighted by Gasteiger charge is 2.23. The molecule has 0 saturated heterocycles. The highest BCUT2D eigenvalue weighted by molar-refractivity contribution is 9.10. The minimum Gasteiger partial charge on any atom is -0.444 e. The molecule has 1 atom stereocenters. The number of rotatable bonds is 5. The molecule has 2 aromatic carbocycles. The fourth-order valence-electron chi connectivity index (χ4n) is 2.08. The summed E-state index contributed by atoms with van der Waals surface area (Å²) in [5.41, 5.74) is 0.911. The Morgan fingerprint density at radius 3 is 2.67 bits per heavy atom. The Bertz CT molecular complexity index is 746. The van der Waals surface area contributed by atoms with Gasteiger partial charge in [-0.1, -0.05) is 46.3 Å². The summed E-state index contributed by atoms with van der Waals surface area (Å²) < 4.78 is 20.1. The molecule has 4 nitrogen and oxygen atoms in total. The number of halogens is 2. The van der Waals surface area contributed by atoms with E-state index in [0.717, 1.165) is 10.5 Å². The van der Waals surface area contributed by atoms with E-state index >= 15 is 0 Å². The molecule has 0 aromatic heterocycles. The zero-order valence-corrected chi connectivity index (χ0v) is 14.7. The second-order valence-corrected chi connectivity index (χ2v) is 6.19. The van der Waals surface area contributed by atoms with Crippen LogP contribution >= 0.6 is 15.9 Å². The molecule has 0 radical (unpaired) electrons. The van der Waals surface area contributed by atoms with Crippen molar-refractivity contribution in [3.63, 3.8) is 0 Å². The molecule has 0 fully saturated rings. The number of carbonyl (C=O) groups excluding carboxylic acids is 1. The lowest BCUT2D eigenvalue weighted by atomic mass is 10.2. The number of hydrogen-bond donors (Lipinski definition) is 0. The Labute approximate surface area is 148 Å². The quantitative estimate of drug-likeness (QED) is 0.729. The fourth-order valence-corrected chi connectivity index (χ4v) is 2.42. The van der Waals surface area contributed by atoms with Crippen molar-refractivity contribution in [2.75, 3.05) is 11.4 Å². The van der Waals surface area contributed by atoms with Gasteiger partial charge in [0.05, 0.1) is 17.7 Å². The summed E-state index contributed by atoms with van der Waals surface area (Å²) in [6.07, 6.45) is -0.692. The second-order valence-electron chi connectivity index (χ2n) is 5.28. The first kappa shape index (κ1) is 18.0. The summed E-state index contributed by atoms with van der Waals surface area (Å²) in [6, 6.07) is 15.6. The van der Waals surface area contributed by atoms with Crippen molar-refractivity contribution in [3.05, 3.63) is 64.4 Å². The highest BCUT2D eigenvalue weighted by Crippen LogP contribution is 2.25. The molecular formula is C18H16BrFN2O2. The third-order valence-corrected chi connectivity index (χ3v) is 3.80. The predicted octanol–water partition coefficient (Wildman–Crippen LogP) is 4.89. The van der Waals surface area contributed by atoms with Gasteiger partial charge in [-0.05, 0) is 30.7 Å². The van der Waals surface area contributed by atoms with Crippen LogP contribution in [0.15, 0.2) is 53.0 Å². The van der Waals surface area contributed by atoms with Gasteiger partial charge in [-0.3, -0.25) is 4.90 Å². The second kappa shape index (κ2) is 8.46. The molecule has 6 heteroatoms. The molecule has 0 aliphatic rings. The number of carbonyl (C=O) groups is 1. The maximum Gasteiger partial charge on any atom is 0.414 e. The van der Waals surface area contributed by atoms with E-state index in [0.29, 0.717) is 4.47 Å². The van der Waals surface area contributed by atoms with E-state index in [1.807, 2.05) is 36.4 Å². The Hall–Kier alpha value is -2.39. The van der Waals surface area contributed by atoms with Gasteiger partial charge in [0.2, 0.25) is 0 Å². The minimum atomic E-state index is -0.692. The van der Waals surface area contributed by atoms with Crippen LogP contribution in [0.1, 0.15) is 12.5 Å². The van der Waals surface area contributed by atoms with Crippen LogP contribution in [-0.2, 0) is 11.3 Å². The van der Waals surface area contributed by atoms with Crippen molar-refractivity contribution in [1.29, 1.82) is 5.26 Å². The molecule has 1 unspecified atom stereocenters. The summed E-state index contributed by atoms with van der Waals surface area (Å²) >= 11 is 3.18. The van der Waals surface area contributed by atoms with Gasteiger partial charge in [0.15, 0.2) is 0 Å². The number of benzene rings is 2. The van der Waals surface area contributed by atoms with Crippen molar-refractivity contribution >= 4 is 27.7 Å². The molecule has 24 heavy (non-hydrogen) atoms. The number of hydrogen-bond acceptors (Lipinski definition) is 3. The van der Waals surface area contributed by atoms with Crippen molar-refractivity contribution in [2.24, 2.45) is 5.92 Å². The number of nitriles is 1. The van der Waals surface area contributed by atoms with E-state index in [4.69, 9.17) is 10.00 Å². The highest BCUT2D eigenvalue weighted by atomic mass is 79.9. The van der Waals surface area contributed by atoms with E-state index in [1.165, 1.54) is 12.1 Å². The molecule has 0 saturated carbocycles. The zero-order chi connectivity index (χ0) is 17.5. The summed E-state index contributed by atoms with van der Waals surface area (Å²) in [6.45, 7) is 1.78. The lowest BCUT2D eigenvalue weighted by Gasteiger charge is -2.23. The molecule has 124 valence electrons. The first-order valence-electron chi connectivity index (χ1n) is 7.34. The van der Waals surface area contributed by atoms with Crippen molar-refractivity contribution < 1.29 is 13.9 Å². The molecule has 0 aliphatic carbocycles. The van der Waals surface area contributed by atoms with Gasteiger partial charge in [0, 0.05) is 11.0 Å². The number of anilines is 1. The molecule has 1 amide bonds. The largest absolute Gasteiger partial charge is 0.444 e. The monoisotopic (exact) mass is 390 g/mol. The molecule has 2 aromatic rings. The maximum atomic E-state index is 14.2. The minimum absolute atomic E-state index is 0.0443. The third kappa shape index (κ3) is 4.80. The number of nitrogens with zero attached hydrogens (tertiary/aromatic N) is 2. The summed E-state index contributed by atoms with van der Waals surface area (Å²) in [7, 11) is 0. The van der Waals surface area contributed by atoms with Crippen LogP contribution in [0.2, 0.25) is 0 Å². The maximum absolute atomic E-state index is 14.2. The zero-order valence-electron chi connectivity index (χ0n) is 13.1. The number of ether oxygens (including phenoxy) is 1. The van der Waals surface area contributed by atoms with Gasteiger partial charge >= 0.3 is 6.09 Å². The van der Waals surface area contributed by atoms with Crippen molar-refractivity contribution in [2.45, 2.75) is 13.5 Å². The summed E-state index contributed by atoms with van der Waals surface area (Å²) in [5.74, 6) is -1.02. The molecule has 0 aliphatic heterocycles. The van der Waals surface area contributed by atoms with E-state index in [9.17, 15) is 9.18 Å². The fraction of sp³-hybridized carbons (Fsp3) is 0.222. The molecule has 0 spiro atoms. The summed E-state index contributed by atoms with van der Waals surface area (Å²) in [4.78, 5) is 13.6. The molecule has 0 N–H and O–H groups in total. The standard InChI is InChI=1S/C18H16BrFN2O2/c1-13(10-21)11-22(17-8-7-15(19)9-16(17)20)18(23)24-12-14-5-3-2-4-6-14/h2-9,13H,11-12H2,1H3. The van der Waals surface area contributed by atoms with Gasteiger partial charge in [-0.25, -0.2) is 9.18 Å². The van der Waals surface area contributed by atoms with Gasteiger partial charge in [-0.2, -0.15) is 5.26 Å². The van der Waals surface area contributed by atoms with Gasteiger partial charge < -0.3 is 4.74 Å². The Morgan fingerprint density at radius 2 is 2.04 bits per heavy atom. The SMILES string of the molecule is CC(C#N)CN(C(=O)OCc1ccccc1)c1ccc(Br)cc1F. The van der Waals surface area contributed by atoms with Crippen LogP contribution in [0.3, 0.4) is 0 Å². The van der Waals surface area contributed by atoms with Crippen LogP contribution in [0.4, 0.5) is 14.9 Å². The van der Waals surface area contributed by atoms with Gasteiger partial charge in [0.1, 0.15) is 12.4 Å². The Morgan fingerprint density at radius 1 is 1.33 bits per heavy atom. The van der Waals surface area contributed by atoms with E-state index in [-0.39, 0.29) is 18.8 Å². The average Bonchev–Trinajstić information content (AvgIpc) is 2.59. The van der Waals surface area contributed by atoms with Crippen LogP contribution in [0.5, 0.6) is 0 Å². The average molecular weight is 391 g/mol. The third-order valence-electron chi connectivity index (χ3n) is 3.30. The smallest absolute Gasteiger partial charge is 0.414 e. The molecule has 2 rings (SSSR count). The predicted molar refractivity (Wildman–Crippen MR) is 92.9 cm³/mol. The van der Waals surface area contributed by atoms with Gasteiger partial charge in [0.25, 0.3) is 0 Å². The Balaban J connectivity index is 2.18. The first-order valence-corrected chi connectivity index (χ1v) is 8.13. The Kier molecular flexibility index (Phi) is 6.33. The number of amides is 1. The molecule has 0 heterocycles. The molecular weight excluding hydrogens is 375 g/mol. The lowest BCUT2D eigenvalue weighted by Crippen LogP contribution is -2.35. The van der Waals surface area contributed by atoms with E-state index in [1.54, 1.807) is 13.0 Å².